The normalized spacial score (nSPS) is 12.6. The van der Waals surface area contributed by atoms with Crippen LogP contribution in [0.4, 0.5) is 5.82 Å². The van der Waals surface area contributed by atoms with Gasteiger partial charge in [0.05, 0.1) is 11.8 Å². The van der Waals surface area contributed by atoms with E-state index in [0.717, 1.165) is 29.9 Å². The highest BCUT2D eigenvalue weighted by Crippen LogP contribution is 2.22. The third kappa shape index (κ3) is 3.17. The SMILES string of the molecule is CCc1nnc(N(C)CC(C)O)c(CN)c1CC. The second kappa shape index (κ2) is 6.66. The molecule has 0 aliphatic carbocycles. The van der Waals surface area contributed by atoms with Crippen molar-refractivity contribution in [3.8, 4) is 0 Å². The summed E-state index contributed by atoms with van der Waals surface area (Å²) in [5, 5.41) is 18.0. The standard InChI is InChI=1S/C13H24N4O/c1-5-10-11(7-14)13(16-15-12(10)6-2)17(4)8-9(3)18/h9,18H,5-8,14H2,1-4H3. The Morgan fingerprint density at radius 3 is 2.33 bits per heavy atom. The highest BCUT2D eigenvalue weighted by molar-refractivity contribution is 5.50. The number of aliphatic hydroxyl groups is 1. The van der Waals surface area contributed by atoms with Crippen LogP contribution in [0.15, 0.2) is 0 Å². The van der Waals surface area contributed by atoms with E-state index in [-0.39, 0.29) is 0 Å². The maximum atomic E-state index is 9.45. The second-order valence-corrected chi connectivity index (χ2v) is 4.57. The third-order valence-corrected chi connectivity index (χ3v) is 3.04. The largest absolute Gasteiger partial charge is 0.392 e. The molecule has 1 atom stereocenters. The molecular weight excluding hydrogens is 228 g/mol. The number of hydrogen-bond donors (Lipinski definition) is 2. The average Bonchev–Trinajstić information content (AvgIpc) is 2.35. The fourth-order valence-electron chi connectivity index (χ4n) is 2.24. The van der Waals surface area contributed by atoms with Crippen LogP contribution in [-0.2, 0) is 19.4 Å². The van der Waals surface area contributed by atoms with Crippen molar-refractivity contribution in [2.24, 2.45) is 5.73 Å². The topological polar surface area (TPSA) is 75.3 Å². The Morgan fingerprint density at radius 2 is 1.89 bits per heavy atom. The molecular formula is C13H24N4O. The highest BCUT2D eigenvalue weighted by Gasteiger charge is 2.16. The van der Waals surface area contributed by atoms with Gasteiger partial charge in [-0.2, -0.15) is 5.10 Å². The fraction of sp³-hybridized carbons (Fsp3) is 0.692. The van der Waals surface area contributed by atoms with E-state index in [2.05, 4.69) is 24.0 Å². The van der Waals surface area contributed by atoms with Crippen LogP contribution in [-0.4, -0.2) is 35.0 Å². The van der Waals surface area contributed by atoms with Gasteiger partial charge in [0.1, 0.15) is 0 Å². The van der Waals surface area contributed by atoms with Crippen molar-refractivity contribution in [3.63, 3.8) is 0 Å². The number of anilines is 1. The van der Waals surface area contributed by atoms with Gasteiger partial charge >= 0.3 is 0 Å². The maximum Gasteiger partial charge on any atom is 0.155 e. The van der Waals surface area contributed by atoms with Crippen molar-refractivity contribution in [2.75, 3.05) is 18.5 Å². The summed E-state index contributed by atoms with van der Waals surface area (Å²) >= 11 is 0. The summed E-state index contributed by atoms with van der Waals surface area (Å²) in [6, 6.07) is 0. The van der Waals surface area contributed by atoms with Crippen LogP contribution in [0, 0.1) is 0 Å². The molecule has 0 amide bonds. The first-order chi connectivity index (χ1) is 8.54. The molecule has 1 aromatic rings. The highest BCUT2D eigenvalue weighted by atomic mass is 16.3. The second-order valence-electron chi connectivity index (χ2n) is 4.57. The van der Waals surface area contributed by atoms with Crippen molar-refractivity contribution in [1.82, 2.24) is 10.2 Å². The number of aliphatic hydroxyl groups excluding tert-OH is 1. The Labute approximate surface area is 109 Å². The molecule has 18 heavy (non-hydrogen) atoms. The van der Waals surface area contributed by atoms with Gasteiger partial charge in [0, 0.05) is 25.7 Å². The zero-order chi connectivity index (χ0) is 13.7. The molecule has 0 aliphatic heterocycles. The van der Waals surface area contributed by atoms with E-state index >= 15 is 0 Å². The van der Waals surface area contributed by atoms with Crippen LogP contribution in [0.3, 0.4) is 0 Å². The lowest BCUT2D eigenvalue weighted by molar-refractivity contribution is 0.201. The van der Waals surface area contributed by atoms with Crippen LogP contribution < -0.4 is 10.6 Å². The Bertz CT molecular complexity index is 393. The lowest BCUT2D eigenvalue weighted by atomic mass is 10.0. The first-order valence-electron chi connectivity index (χ1n) is 6.51. The van der Waals surface area contributed by atoms with Crippen molar-refractivity contribution in [1.29, 1.82) is 0 Å². The van der Waals surface area contributed by atoms with Gasteiger partial charge in [-0.05, 0) is 25.3 Å². The number of aryl methyl sites for hydroxylation is 1. The van der Waals surface area contributed by atoms with Crippen LogP contribution in [0.25, 0.3) is 0 Å². The van der Waals surface area contributed by atoms with Gasteiger partial charge in [-0.1, -0.05) is 13.8 Å². The molecule has 102 valence electrons. The Morgan fingerprint density at radius 1 is 1.22 bits per heavy atom. The minimum atomic E-state index is -0.404. The first kappa shape index (κ1) is 14.9. The molecule has 0 saturated carbocycles. The van der Waals surface area contributed by atoms with Crippen LogP contribution in [0.2, 0.25) is 0 Å². The molecule has 0 bridgehead atoms. The maximum absolute atomic E-state index is 9.45. The number of nitrogens with zero attached hydrogens (tertiary/aromatic N) is 3. The van der Waals surface area contributed by atoms with Crippen molar-refractivity contribution >= 4 is 5.82 Å². The van der Waals surface area contributed by atoms with Gasteiger partial charge in [-0.15, -0.1) is 5.10 Å². The van der Waals surface area contributed by atoms with E-state index in [0.29, 0.717) is 13.1 Å². The van der Waals surface area contributed by atoms with E-state index in [4.69, 9.17) is 5.73 Å². The molecule has 0 radical (unpaired) electrons. The van der Waals surface area contributed by atoms with Crippen molar-refractivity contribution in [2.45, 2.75) is 46.3 Å². The van der Waals surface area contributed by atoms with Crippen LogP contribution in [0.1, 0.15) is 37.6 Å². The molecule has 1 aromatic heterocycles. The fourth-order valence-corrected chi connectivity index (χ4v) is 2.24. The Balaban J connectivity index is 3.20. The molecule has 0 aromatic carbocycles. The van der Waals surface area contributed by atoms with Gasteiger partial charge in [0.2, 0.25) is 0 Å². The molecule has 0 saturated heterocycles. The summed E-state index contributed by atoms with van der Waals surface area (Å²) in [6.45, 7) is 6.91. The van der Waals surface area contributed by atoms with Crippen molar-refractivity contribution in [3.05, 3.63) is 16.8 Å². The molecule has 1 unspecified atom stereocenters. The minimum absolute atomic E-state index is 0.404. The van der Waals surface area contributed by atoms with Gasteiger partial charge in [0.25, 0.3) is 0 Å². The molecule has 3 N–H and O–H groups in total. The van der Waals surface area contributed by atoms with Gasteiger partial charge in [0.15, 0.2) is 5.82 Å². The summed E-state index contributed by atoms with van der Waals surface area (Å²) in [5.74, 6) is 0.785. The third-order valence-electron chi connectivity index (χ3n) is 3.04. The summed E-state index contributed by atoms with van der Waals surface area (Å²) in [5.41, 5.74) is 9.13. The van der Waals surface area contributed by atoms with E-state index < -0.39 is 6.10 Å². The predicted octanol–water partition coefficient (Wildman–Crippen LogP) is 0.877. The summed E-state index contributed by atoms with van der Waals surface area (Å²) < 4.78 is 0. The summed E-state index contributed by atoms with van der Waals surface area (Å²) in [7, 11) is 1.90. The van der Waals surface area contributed by atoms with Gasteiger partial charge in [-0.25, -0.2) is 0 Å². The van der Waals surface area contributed by atoms with E-state index in [1.807, 2.05) is 11.9 Å². The summed E-state index contributed by atoms with van der Waals surface area (Å²) in [6.07, 6.45) is 1.36. The number of likely N-dealkylation sites (N-methyl/N-ethyl adjacent to an activating group) is 1. The Hall–Kier alpha value is -1.20. The molecule has 0 aliphatic rings. The monoisotopic (exact) mass is 252 g/mol. The number of aromatic nitrogens is 2. The van der Waals surface area contributed by atoms with Gasteiger partial charge < -0.3 is 15.7 Å². The van der Waals surface area contributed by atoms with E-state index in [1.165, 1.54) is 5.56 Å². The average molecular weight is 252 g/mol. The minimum Gasteiger partial charge on any atom is -0.392 e. The Kier molecular flexibility index (Phi) is 5.50. The molecule has 5 nitrogen and oxygen atoms in total. The van der Waals surface area contributed by atoms with Crippen LogP contribution >= 0.6 is 0 Å². The van der Waals surface area contributed by atoms with Crippen LogP contribution in [0.5, 0.6) is 0 Å². The zero-order valence-corrected chi connectivity index (χ0v) is 11.8. The first-order valence-corrected chi connectivity index (χ1v) is 6.51. The lowest BCUT2D eigenvalue weighted by Gasteiger charge is -2.23. The zero-order valence-electron chi connectivity index (χ0n) is 11.8. The number of nitrogens with two attached hydrogens (primary N) is 1. The molecule has 1 heterocycles. The van der Waals surface area contributed by atoms with Gasteiger partial charge in [-0.3, -0.25) is 0 Å². The van der Waals surface area contributed by atoms with E-state index in [1.54, 1.807) is 6.92 Å². The smallest absolute Gasteiger partial charge is 0.155 e. The molecule has 1 rings (SSSR count). The molecule has 5 heteroatoms. The predicted molar refractivity (Wildman–Crippen MR) is 73.6 cm³/mol. The number of hydrogen-bond acceptors (Lipinski definition) is 5. The van der Waals surface area contributed by atoms with E-state index in [9.17, 15) is 5.11 Å². The summed E-state index contributed by atoms with van der Waals surface area (Å²) in [4.78, 5) is 1.92. The van der Waals surface area contributed by atoms with Crippen molar-refractivity contribution < 1.29 is 5.11 Å². The molecule has 0 spiro atoms. The number of rotatable bonds is 6. The quantitative estimate of drug-likeness (QED) is 0.786. The molecule has 0 fully saturated rings. The lowest BCUT2D eigenvalue weighted by Crippen LogP contribution is -2.30.